The van der Waals surface area contributed by atoms with Crippen LogP contribution in [-0.2, 0) is 13.1 Å². The van der Waals surface area contributed by atoms with Crippen molar-refractivity contribution in [2.24, 2.45) is 5.73 Å². The third-order valence-electron chi connectivity index (χ3n) is 3.54. The van der Waals surface area contributed by atoms with Crippen LogP contribution < -0.4 is 5.73 Å². The summed E-state index contributed by atoms with van der Waals surface area (Å²) in [5, 5.41) is 8.94. The van der Waals surface area contributed by atoms with Gasteiger partial charge in [-0.15, -0.1) is 5.10 Å². The zero-order chi connectivity index (χ0) is 12.8. The molecule has 1 aliphatic rings. The maximum Gasteiger partial charge on any atom is 0.0962 e. The molecule has 1 aliphatic heterocycles. The van der Waals surface area contributed by atoms with Gasteiger partial charge in [0.05, 0.1) is 12.2 Å². The number of nitrogens with two attached hydrogens (primary N) is 1. The molecular weight excluding hydrogens is 246 g/mol. The lowest BCUT2D eigenvalue weighted by atomic mass is 10.2. The van der Waals surface area contributed by atoms with E-state index in [9.17, 15) is 0 Å². The Balaban J connectivity index is 1.76. The molecule has 1 aromatic rings. The number of aromatic nitrogens is 3. The average molecular weight is 269 g/mol. The molecule has 6 heteroatoms. The molecule has 1 unspecified atom stereocenters. The van der Waals surface area contributed by atoms with E-state index >= 15 is 0 Å². The van der Waals surface area contributed by atoms with Crippen LogP contribution in [0.5, 0.6) is 0 Å². The van der Waals surface area contributed by atoms with E-state index in [1.54, 1.807) is 0 Å². The van der Waals surface area contributed by atoms with E-state index in [0.29, 0.717) is 6.54 Å². The van der Waals surface area contributed by atoms with E-state index < -0.39 is 0 Å². The van der Waals surface area contributed by atoms with Crippen molar-refractivity contribution < 1.29 is 0 Å². The largest absolute Gasteiger partial charge is 0.325 e. The third kappa shape index (κ3) is 3.96. The van der Waals surface area contributed by atoms with Gasteiger partial charge >= 0.3 is 0 Å². The van der Waals surface area contributed by atoms with Crippen LogP contribution in [0.25, 0.3) is 0 Å². The number of nitrogens with zero attached hydrogens (tertiary/aromatic N) is 4. The fraction of sp³-hybridized carbons (Fsp3) is 0.833. The summed E-state index contributed by atoms with van der Waals surface area (Å²) in [7, 11) is 0. The Kier molecular flexibility index (Phi) is 5.46. The van der Waals surface area contributed by atoms with Gasteiger partial charge in [-0.05, 0) is 38.6 Å². The summed E-state index contributed by atoms with van der Waals surface area (Å²) in [5.41, 5.74) is 6.39. The third-order valence-corrected chi connectivity index (χ3v) is 4.68. The Hall–Kier alpha value is -0.590. The lowest BCUT2D eigenvalue weighted by molar-refractivity contribution is 0.268. The maximum atomic E-state index is 5.52. The van der Waals surface area contributed by atoms with Gasteiger partial charge in [-0.2, -0.15) is 11.8 Å². The second-order valence-electron chi connectivity index (χ2n) is 4.81. The highest BCUT2D eigenvalue weighted by Gasteiger charge is 2.15. The van der Waals surface area contributed by atoms with E-state index in [2.05, 4.69) is 21.5 Å². The number of thioether (sulfide) groups is 1. The van der Waals surface area contributed by atoms with Crippen LogP contribution in [0.1, 0.15) is 25.0 Å². The maximum absolute atomic E-state index is 5.52. The first-order valence-electron chi connectivity index (χ1n) is 6.66. The second kappa shape index (κ2) is 7.11. The van der Waals surface area contributed by atoms with Crippen molar-refractivity contribution in [3.8, 4) is 0 Å². The minimum atomic E-state index is 0.471. The molecule has 1 aromatic heterocycles. The van der Waals surface area contributed by atoms with Gasteiger partial charge in [0.25, 0.3) is 0 Å². The lowest BCUT2D eigenvalue weighted by Crippen LogP contribution is -2.29. The normalized spacial score (nSPS) is 22.0. The highest BCUT2D eigenvalue weighted by molar-refractivity contribution is 7.99. The van der Waals surface area contributed by atoms with Crippen LogP contribution in [0.4, 0.5) is 0 Å². The van der Waals surface area contributed by atoms with Crippen LogP contribution in [0, 0.1) is 0 Å². The van der Waals surface area contributed by atoms with Gasteiger partial charge in [0, 0.05) is 24.5 Å². The van der Waals surface area contributed by atoms with E-state index in [1.165, 1.54) is 32.4 Å². The minimum absolute atomic E-state index is 0.471. The van der Waals surface area contributed by atoms with E-state index in [-0.39, 0.29) is 0 Å². The standard InChI is InChI=1S/C12H23N5S/c1-18-12-3-2-5-16(6-4-12)7-8-17-10-11(9-13)14-15-17/h10,12H,2-9,13H2,1H3. The Morgan fingerprint density at radius 2 is 2.28 bits per heavy atom. The van der Waals surface area contributed by atoms with Crippen LogP contribution in [0.2, 0.25) is 0 Å². The molecule has 1 fully saturated rings. The molecule has 0 aromatic carbocycles. The average Bonchev–Trinajstić information content (AvgIpc) is 2.74. The van der Waals surface area contributed by atoms with Crippen molar-refractivity contribution >= 4 is 11.8 Å². The highest BCUT2D eigenvalue weighted by Crippen LogP contribution is 2.20. The lowest BCUT2D eigenvalue weighted by Gasteiger charge is -2.19. The van der Waals surface area contributed by atoms with Gasteiger partial charge in [-0.1, -0.05) is 5.21 Å². The molecule has 0 saturated carbocycles. The van der Waals surface area contributed by atoms with E-state index in [0.717, 1.165) is 24.0 Å². The fourth-order valence-electron chi connectivity index (χ4n) is 2.37. The molecule has 0 radical (unpaired) electrons. The molecule has 102 valence electrons. The van der Waals surface area contributed by atoms with Gasteiger partial charge in [0.15, 0.2) is 0 Å². The Bertz CT molecular complexity index is 354. The van der Waals surface area contributed by atoms with Crippen molar-refractivity contribution in [1.29, 1.82) is 0 Å². The van der Waals surface area contributed by atoms with Crippen molar-refractivity contribution in [2.45, 2.75) is 37.6 Å². The zero-order valence-electron chi connectivity index (χ0n) is 11.1. The molecule has 0 aliphatic carbocycles. The van der Waals surface area contributed by atoms with Gasteiger partial charge < -0.3 is 10.6 Å². The molecule has 0 amide bonds. The fourth-order valence-corrected chi connectivity index (χ4v) is 3.11. The highest BCUT2D eigenvalue weighted by atomic mass is 32.2. The number of hydrogen-bond acceptors (Lipinski definition) is 5. The number of hydrogen-bond donors (Lipinski definition) is 1. The predicted molar refractivity (Wildman–Crippen MR) is 75.5 cm³/mol. The predicted octanol–water partition coefficient (Wildman–Crippen LogP) is 0.954. The molecule has 2 rings (SSSR count). The van der Waals surface area contributed by atoms with Gasteiger partial charge in [0.1, 0.15) is 0 Å². The van der Waals surface area contributed by atoms with Gasteiger partial charge in [-0.25, -0.2) is 0 Å². The van der Waals surface area contributed by atoms with Crippen molar-refractivity contribution in [1.82, 2.24) is 19.9 Å². The molecule has 0 spiro atoms. The molecule has 5 nitrogen and oxygen atoms in total. The van der Waals surface area contributed by atoms with Crippen molar-refractivity contribution in [3.05, 3.63) is 11.9 Å². The van der Waals surface area contributed by atoms with Crippen molar-refractivity contribution in [3.63, 3.8) is 0 Å². The Labute approximate surface area is 113 Å². The monoisotopic (exact) mass is 269 g/mol. The molecule has 18 heavy (non-hydrogen) atoms. The first-order valence-corrected chi connectivity index (χ1v) is 7.95. The molecule has 2 heterocycles. The summed E-state index contributed by atoms with van der Waals surface area (Å²) in [6, 6.07) is 0. The first-order chi connectivity index (χ1) is 8.81. The summed E-state index contributed by atoms with van der Waals surface area (Å²) >= 11 is 2.01. The molecule has 1 atom stereocenters. The SMILES string of the molecule is CSC1CCCN(CCn2cc(CN)nn2)CC1. The number of likely N-dealkylation sites (tertiary alicyclic amines) is 1. The van der Waals surface area contributed by atoms with Crippen LogP contribution >= 0.6 is 11.8 Å². The Morgan fingerprint density at radius 1 is 1.39 bits per heavy atom. The minimum Gasteiger partial charge on any atom is -0.325 e. The first kappa shape index (κ1) is 13.8. The van der Waals surface area contributed by atoms with Gasteiger partial charge in [0.2, 0.25) is 0 Å². The van der Waals surface area contributed by atoms with Crippen LogP contribution in [0.3, 0.4) is 0 Å². The molecular formula is C12H23N5S. The quantitative estimate of drug-likeness (QED) is 0.862. The molecule has 1 saturated heterocycles. The van der Waals surface area contributed by atoms with Crippen LogP contribution in [-0.4, -0.2) is 51.0 Å². The van der Waals surface area contributed by atoms with Crippen LogP contribution in [0.15, 0.2) is 6.20 Å². The zero-order valence-corrected chi connectivity index (χ0v) is 11.9. The van der Waals surface area contributed by atoms with Gasteiger partial charge in [-0.3, -0.25) is 4.68 Å². The molecule has 2 N–H and O–H groups in total. The Morgan fingerprint density at radius 3 is 3.00 bits per heavy atom. The smallest absolute Gasteiger partial charge is 0.0962 e. The van der Waals surface area contributed by atoms with E-state index in [1.807, 2.05) is 22.6 Å². The van der Waals surface area contributed by atoms with E-state index in [4.69, 9.17) is 5.73 Å². The topological polar surface area (TPSA) is 60.0 Å². The summed E-state index contributed by atoms with van der Waals surface area (Å²) < 4.78 is 1.90. The second-order valence-corrected chi connectivity index (χ2v) is 5.95. The molecule has 0 bridgehead atoms. The summed E-state index contributed by atoms with van der Waals surface area (Å²) in [6.07, 6.45) is 8.16. The number of rotatable bonds is 5. The summed E-state index contributed by atoms with van der Waals surface area (Å²) in [4.78, 5) is 2.54. The summed E-state index contributed by atoms with van der Waals surface area (Å²) in [5.74, 6) is 0. The summed E-state index contributed by atoms with van der Waals surface area (Å²) in [6.45, 7) is 4.88. The van der Waals surface area contributed by atoms with Crippen molar-refractivity contribution in [2.75, 3.05) is 25.9 Å².